The number of ether oxygens (including phenoxy) is 1. The minimum Gasteiger partial charge on any atom is -0.476 e. The second kappa shape index (κ2) is 9.32. The van der Waals surface area contributed by atoms with Crippen LogP contribution in [0.4, 0.5) is 5.69 Å². The van der Waals surface area contributed by atoms with E-state index in [2.05, 4.69) is 45.8 Å². The molecule has 0 saturated carbocycles. The van der Waals surface area contributed by atoms with Gasteiger partial charge in [0.1, 0.15) is 18.2 Å². The monoisotopic (exact) mass is 385 g/mol. The van der Waals surface area contributed by atoms with Gasteiger partial charge in [0, 0.05) is 44.8 Å². The van der Waals surface area contributed by atoms with E-state index < -0.39 is 0 Å². The van der Waals surface area contributed by atoms with Crippen molar-refractivity contribution in [3.63, 3.8) is 0 Å². The normalized spacial score (nSPS) is 21.6. The Kier molecular flexibility index (Phi) is 6.83. The van der Waals surface area contributed by atoms with Gasteiger partial charge in [-0.05, 0) is 44.8 Å². The lowest BCUT2D eigenvalue weighted by molar-refractivity contribution is 0.0924. The number of aliphatic imine (C=N–C) groups is 1. The summed E-state index contributed by atoms with van der Waals surface area (Å²) in [4.78, 5) is 21.4. The molecule has 2 aliphatic rings. The lowest BCUT2D eigenvalue weighted by Gasteiger charge is -2.41. The Morgan fingerprint density at radius 1 is 1.43 bits per heavy atom. The van der Waals surface area contributed by atoms with Gasteiger partial charge in [0.25, 0.3) is 5.91 Å². The van der Waals surface area contributed by atoms with Gasteiger partial charge in [-0.25, -0.2) is 0 Å². The maximum absolute atomic E-state index is 12.8. The maximum atomic E-state index is 12.8. The summed E-state index contributed by atoms with van der Waals surface area (Å²) in [5.74, 6) is 0.427. The molecule has 0 aromatic heterocycles. The van der Waals surface area contributed by atoms with Crippen LogP contribution >= 0.6 is 0 Å². The van der Waals surface area contributed by atoms with E-state index in [0.717, 1.165) is 39.1 Å². The van der Waals surface area contributed by atoms with Crippen molar-refractivity contribution in [1.82, 2.24) is 20.4 Å². The van der Waals surface area contributed by atoms with Gasteiger partial charge in [0.05, 0.1) is 5.56 Å². The molecular formula is C21H31N5O2. The van der Waals surface area contributed by atoms with Crippen molar-refractivity contribution < 1.29 is 9.53 Å². The van der Waals surface area contributed by atoms with Crippen molar-refractivity contribution in [2.45, 2.75) is 25.4 Å². The fraction of sp³-hybridized carbons (Fsp3) is 0.524. The molecule has 7 nitrogen and oxygen atoms in total. The van der Waals surface area contributed by atoms with Crippen molar-refractivity contribution in [3.8, 4) is 5.75 Å². The number of carbonyl (C=O) groups excluding carboxylic acids is 1. The number of amides is 1. The summed E-state index contributed by atoms with van der Waals surface area (Å²) < 4.78 is 5.95. The van der Waals surface area contributed by atoms with Crippen molar-refractivity contribution in [1.29, 1.82) is 0 Å². The third-order valence-electron chi connectivity index (χ3n) is 5.42. The van der Waals surface area contributed by atoms with Crippen LogP contribution in [0, 0.1) is 0 Å². The minimum atomic E-state index is -0.157. The van der Waals surface area contributed by atoms with Gasteiger partial charge in [0.15, 0.2) is 0 Å². The topological polar surface area (TPSA) is 69.2 Å². The smallest absolute Gasteiger partial charge is 0.253 e. The molecule has 2 aliphatic heterocycles. The Morgan fingerprint density at radius 2 is 2.18 bits per heavy atom. The molecule has 2 heterocycles. The number of benzene rings is 1. The van der Waals surface area contributed by atoms with Crippen molar-refractivity contribution in [3.05, 3.63) is 35.9 Å². The Balaban J connectivity index is 1.62. The molecule has 1 aromatic carbocycles. The minimum absolute atomic E-state index is 0.0279. The van der Waals surface area contributed by atoms with Gasteiger partial charge < -0.3 is 15.4 Å². The molecule has 2 atom stereocenters. The molecule has 7 heteroatoms. The summed E-state index contributed by atoms with van der Waals surface area (Å²) in [6, 6.07) is 5.78. The standard InChI is InChI=1S/C21H31N5O2/c1-15-13-25(4)18(15)12-16(2)24-21(27)17-6-5-7-19(20(17)22-3)28-14-26-10-8-23-9-11-26/h5-7,16,18,23H,1,3,8-14H2,2,4H3,(H,24,27). The first-order chi connectivity index (χ1) is 13.5. The molecule has 2 saturated heterocycles. The zero-order valence-electron chi connectivity index (χ0n) is 16.9. The predicted molar refractivity (Wildman–Crippen MR) is 113 cm³/mol. The van der Waals surface area contributed by atoms with Crippen LogP contribution in [0.1, 0.15) is 23.7 Å². The van der Waals surface area contributed by atoms with Crippen LogP contribution in [0.2, 0.25) is 0 Å². The number of piperazine rings is 1. The van der Waals surface area contributed by atoms with Gasteiger partial charge in [0.2, 0.25) is 0 Å². The summed E-state index contributed by atoms with van der Waals surface area (Å²) in [7, 11) is 2.08. The van der Waals surface area contributed by atoms with Crippen molar-refractivity contribution in [2.75, 3.05) is 46.5 Å². The number of nitrogens with one attached hydrogen (secondary N) is 2. The Labute approximate surface area is 167 Å². The molecule has 0 radical (unpaired) electrons. The van der Waals surface area contributed by atoms with E-state index in [9.17, 15) is 4.79 Å². The highest BCUT2D eigenvalue weighted by atomic mass is 16.5. The van der Waals surface area contributed by atoms with Gasteiger partial charge in [-0.2, -0.15) is 0 Å². The Bertz CT molecular complexity index is 730. The van der Waals surface area contributed by atoms with E-state index in [4.69, 9.17) is 4.74 Å². The predicted octanol–water partition coefficient (Wildman–Crippen LogP) is 1.64. The Hall–Kier alpha value is -2.22. The number of likely N-dealkylation sites (tertiary alicyclic amines) is 1. The summed E-state index contributed by atoms with van der Waals surface area (Å²) in [5.41, 5.74) is 2.20. The average molecular weight is 386 g/mol. The molecule has 0 spiro atoms. The summed E-state index contributed by atoms with van der Waals surface area (Å²) in [6.07, 6.45) is 0.844. The van der Waals surface area contributed by atoms with Crippen molar-refractivity contribution in [2.24, 2.45) is 4.99 Å². The third-order valence-corrected chi connectivity index (χ3v) is 5.42. The van der Waals surface area contributed by atoms with Crippen LogP contribution in [0.3, 0.4) is 0 Å². The summed E-state index contributed by atoms with van der Waals surface area (Å²) in [6.45, 7) is 14.9. The first-order valence-electron chi connectivity index (χ1n) is 9.84. The molecule has 0 aliphatic carbocycles. The van der Waals surface area contributed by atoms with E-state index in [1.165, 1.54) is 5.57 Å². The lowest BCUT2D eigenvalue weighted by Crippen LogP contribution is -2.50. The molecule has 0 bridgehead atoms. The average Bonchev–Trinajstić information content (AvgIpc) is 2.71. The van der Waals surface area contributed by atoms with Gasteiger partial charge in [-0.1, -0.05) is 12.6 Å². The van der Waals surface area contributed by atoms with Gasteiger partial charge in [-0.15, -0.1) is 0 Å². The van der Waals surface area contributed by atoms with E-state index in [1.54, 1.807) is 6.07 Å². The number of carbonyl (C=O) groups is 1. The fourth-order valence-electron chi connectivity index (χ4n) is 3.76. The molecule has 1 aromatic rings. The number of para-hydroxylation sites is 1. The molecule has 2 fully saturated rings. The Morgan fingerprint density at radius 3 is 2.82 bits per heavy atom. The molecule has 3 rings (SSSR count). The van der Waals surface area contributed by atoms with Crippen LogP contribution < -0.4 is 15.4 Å². The first-order valence-corrected chi connectivity index (χ1v) is 9.84. The van der Waals surface area contributed by atoms with E-state index in [1.807, 2.05) is 19.1 Å². The van der Waals surface area contributed by atoms with Crippen LogP contribution in [0.25, 0.3) is 0 Å². The second-order valence-electron chi connectivity index (χ2n) is 7.65. The highest BCUT2D eigenvalue weighted by molar-refractivity contribution is 6.00. The number of nitrogens with zero attached hydrogens (tertiary/aromatic N) is 3. The fourth-order valence-corrected chi connectivity index (χ4v) is 3.76. The number of likely N-dealkylation sites (N-methyl/N-ethyl adjacent to an activating group) is 1. The van der Waals surface area contributed by atoms with E-state index >= 15 is 0 Å². The number of hydrogen-bond acceptors (Lipinski definition) is 6. The van der Waals surface area contributed by atoms with Gasteiger partial charge in [-0.3, -0.25) is 19.6 Å². The van der Waals surface area contributed by atoms with E-state index in [0.29, 0.717) is 29.8 Å². The quantitative estimate of drug-likeness (QED) is 0.526. The number of hydrogen-bond donors (Lipinski definition) is 2. The van der Waals surface area contributed by atoms with Gasteiger partial charge >= 0.3 is 0 Å². The molecule has 2 N–H and O–H groups in total. The van der Waals surface area contributed by atoms with Crippen LogP contribution in [-0.2, 0) is 0 Å². The summed E-state index contributed by atoms with van der Waals surface area (Å²) >= 11 is 0. The molecule has 2 unspecified atom stereocenters. The molecule has 1 amide bonds. The largest absolute Gasteiger partial charge is 0.476 e. The van der Waals surface area contributed by atoms with Crippen LogP contribution in [-0.4, -0.2) is 81.0 Å². The zero-order valence-corrected chi connectivity index (χ0v) is 16.9. The number of rotatable bonds is 8. The van der Waals surface area contributed by atoms with E-state index in [-0.39, 0.29) is 11.9 Å². The highest BCUT2D eigenvalue weighted by Gasteiger charge is 2.30. The lowest BCUT2D eigenvalue weighted by atomic mass is 9.92. The third kappa shape index (κ3) is 4.79. The second-order valence-corrected chi connectivity index (χ2v) is 7.65. The van der Waals surface area contributed by atoms with Crippen LogP contribution in [0.5, 0.6) is 5.75 Å². The molecular weight excluding hydrogens is 354 g/mol. The van der Waals surface area contributed by atoms with Crippen molar-refractivity contribution >= 4 is 18.3 Å². The van der Waals surface area contributed by atoms with Crippen LogP contribution in [0.15, 0.2) is 35.3 Å². The SMILES string of the molecule is C=Nc1c(OCN2CCNCC2)cccc1C(=O)NC(C)CC1C(=C)CN1C. The first kappa shape index (κ1) is 20.5. The summed E-state index contributed by atoms with van der Waals surface area (Å²) in [5, 5.41) is 6.39. The maximum Gasteiger partial charge on any atom is 0.253 e. The molecule has 28 heavy (non-hydrogen) atoms. The molecule has 152 valence electrons. The highest BCUT2D eigenvalue weighted by Crippen LogP contribution is 2.31. The zero-order chi connectivity index (χ0) is 20.1.